The Morgan fingerprint density at radius 1 is 1.33 bits per heavy atom. The van der Waals surface area contributed by atoms with Crippen LogP contribution >= 0.6 is 0 Å². The van der Waals surface area contributed by atoms with Crippen LogP contribution in [0.15, 0.2) is 0 Å². The van der Waals surface area contributed by atoms with Crippen LogP contribution in [0.1, 0.15) is 20.3 Å². The number of rotatable bonds is 4. The first-order valence-corrected chi connectivity index (χ1v) is 8.08. The van der Waals surface area contributed by atoms with Gasteiger partial charge in [0.15, 0.2) is 0 Å². The summed E-state index contributed by atoms with van der Waals surface area (Å²) >= 11 is 0. The first-order chi connectivity index (χ1) is 5.47. The maximum atomic E-state index is 8.92. The number of hydrogen-bond acceptors (Lipinski definition) is 2. The lowest BCUT2D eigenvalue weighted by Crippen LogP contribution is -2.51. The summed E-state index contributed by atoms with van der Waals surface area (Å²) in [6.07, 6.45) is 0.939. The lowest BCUT2D eigenvalue weighted by atomic mass is 10.2. The van der Waals surface area contributed by atoms with Crippen molar-refractivity contribution in [3.63, 3.8) is 0 Å². The summed E-state index contributed by atoms with van der Waals surface area (Å²) in [4.78, 5) is 0. The van der Waals surface area contributed by atoms with Gasteiger partial charge in [-0.3, -0.25) is 0 Å². The number of nitrogens with zero attached hydrogens (tertiary/aromatic N) is 2. The van der Waals surface area contributed by atoms with E-state index in [1.807, 2.05) is 0 Å². The third-order valence-electron chi connectivity index (χ3n) is 2.11. The Hall–Kier alpha value is -0.333. The smallest absolute Gasteiger partial charge is 0.120 e. The Balaban J connectivity index is 4.45. The van der Waals surface area contributed by atoms with Crippen molar-refractivity contribution in [3.05, 3.63) is 0 Å². The number of nitriles is 1. The fourth-order valence-electron chi connectivity index (χ4n) is 1.54. The molecule has 0 aliphatic carbocycles. The summed E-state index contributed by atoms with van der Waals surface area (Å²) in [7, 11) is -1.28. The highest BCUT2D eigenvalue weighted by Gasteiger charge is 2.27. The second kappa shape index (κ2) is 4.63. The monoisotopic (exact) mass is 184 g/mol. The fourth-order valence-corrected chi connectivity index (χ4v) is 3.67. The summed E-state index contributed by atoms with van der Waals surface area (Å²) in [5, 5.41) is 8.92. The molecule has 0 aromatic carbocycles. The van der Waals surface area contributed by atoms with Crippen LogP contribution in [-0.2, 0) is 0 Å². The van der Waals surface area contributed by atoms with E-state index in [9.17, 15) is 0 Å². The van der Waals surface area contributed by atoms with Gasteiger partial charge in [-0.2, -0.15) is 5.26 Å². The average molecular weight is 184 g/mol. The summed E-state index contributed by atoms with van der Waals surface area (Å²) < 4.78 is 2.37. The van der Waals surface area contributed by atoms with Gasteiger partial charge in [0.05, 0.1) is 12.1 Å². The van der Waals surface area contributed by atoms with Crippen LogP contribution in [0.5, 0.6) is 0 Å². The normalized spacial score (nSPS) is 14.4. The van der Waals surface area contributed by atoms with Crippen molar-refractivity contribution in [2.24, 2.45) is 0 Å². The molecule has 0 aromatic rings. The second-order valence-electron chi connectivity index (χ2n) is 4.01. The molecule has 70 valence electrons. The SMILES string of the molecule is CCC(C#N)N(CC)[Si](C)(C)C. The maximum absolute atomic E-state index is 8.92. The molecule has 0 rings (SSSR count). The highest BCUT2D eigenvalue weighted by atomic mass is 28.3. The molecule has 0 fully saturated rings. The molecular weight excluding hydrogens is 164 g/mol. The van der Waals surface area contributed by atoms with Crippen LogP contribution in [-0.4, -0.2) is 25.4 Å². The molecule has 0 saturated heterocycles. The minimum absolute atomic E-state index is 0.127. The molecule has 2 nitrogen and oxygen atoms in total. The van der Waals surface area contributed by atoms with E-state index in [-0.39, 0.29) is 6.04 Å². The Labute approximate surface area is 77.3 Å². The van der Waals surface area contributed by atoms with Gasteiger partial charge in [0, 0.05) is 0 Å². The molecule has 0 bridgehead atoms. The van der Waals surface area contributed by atoms with Gasteiger partial charge in [0.1, 0.15) is 8.24 Å². The molecule has 3 heteroatoms. The largest absolute Gasteiger partial charge is 0.310 e. The van der Waals surface area contributed by atoms with E-state index in [1.54, 1.807) is 0 Å². The van der Waals surface area contributed by atoms with Gasteiger partial charge in [-0.15, -0.1) is 0 Å². The first-order valence-electron chi connectivity index (χ1n) is 4.63. The predicted octanol–water partition coefficient (Wildman–Crippen LogP) is 2.45. The Kier molecular flexibility index (Phi) is 4.51. The van der Waals surface area contributed by atoms with Gasteiger partial charge in [-0.05, 0) is 13.0 Å². The van der Waals surface area contributed by atoms with Crippen LogP contribution in [0, 0.1) is 11.3 Å². The zero-order valence-electron chi connectivity index (χ0n) is 8.89. The van der Waals surface area contributed by atoms with E-state index in [1.165, 1.54) is 0 Å². The third kappa shape index (κ3) is 2.96. The van der Waals surface area contributed by atoms with Gasteiger partial charge in [0.2, 0.25) is 0 Å². The molecule has 0 aliphatic rings. The quantitative estimate of drug-likeness (QED) is 0.628. The predicted molar refractivity (Wildman–Crippen MR) is 55.4 cm³/mol. The molecule has 0 spiro atoms. The van der Waals surface area contributed by atoms with Gasteiger partial charge in [-0.1, -0.05) is 33.5 Å². The van der Waals surface area contributed by atoms with Crippen molar-refractivity contribution < 1.29 is 0 Å². The molecular formula is C9H20N2Si. The first kappa shape index (κ1) is 11.7. The van der Waals surface area contributed by atoms with E-state index in [2.05, 4.69) is 44.1 Å². The van der Waals surface area contributed by atoms with Gasteiger partial charge >= 0.3 is 0 Å². The minimum Gasteiger partial charge on any atom is -0.310 e. The van der Waals surface area contributed by atoms with E-state index < -0.39 is 8.24 Å². The van der Waals surface area contributed by atoms with Gasteiger partial charge < -0.3 is 4.57 Å². The molecule has 0 aromatic heterocycles. The van der Waals surface area contributed by atoms with Crippen molar-refractivity contribution in [3.8, 4) is 6.07 Å². The Bertz CT molecular complexity index is 166. The average Bonchev–Trinajstić information content (AvgIpc) is 1.97. The lowest BCUT2D eigenvalue weighted by Gasteiger charge is -2.36. The van der Waals surface area contributed by atoms with Crippen LogP contribution in [0.4, 0.5) is 0 Å². The molecule has 0 heterocycles. The van der Waals surface area contributed by atoms with Crippen molar-refractivity contribution in [1.82, 2.24) is 4.57 Å². The summed E-state index contributed by atoms with van der Waals surface area (Å²) in [6.45, 7) is 12.1. The van der Waals surface area contributed by atoms with Crippen LogP contribution in [0.3, 0.4) is 0 Å². The summed E-state index contributed by atoms with van der Waals surface area (Å²) in [6, 6.07) is 2.50. The van der Waals surface area contributed by atoms with Crippen LogP contribution < -0.4 is 0 Å². The zero-order valence-corrected chi connectivity index (χ0v) is 9.89. The van der Waals surface area contributed by atoms with E-state index >= 15 is 0 Å². The van der Waals surface area contributed by atoms with E-state index in [4.69, 9.17) is 5.26 Å². The highest BCUT2D eigenvalue weighted by Crippen LogP contribution is 2.14. The van der Waals surface area contributed by atoms with E-state index in [0.717, 1.165) is 13.0 Å². The Morgan fingerprint density at radius 2 is 1.83 bits per heavy atom. The maximum Gasteiger partial charge on any atom is 0.120 e. The highest BCUT2D eigenvalue weighted by molar-refractivity contribution is 6.73. The van der Waals surface area contributed by atoms with Gasteiger partial charge in [0.25, 0.3) is 0 Å². The zero-order chi connectivity index (χ0) is 9.78. The summed E-state index contributed by atoms with van der Waals surface area (Å²) in [5.74, 6) is 0. The van der Waals surface area contributed by atoms with Crippen molar-refractivity contribution in [2.45, 2.75) is 46.0 Å². The van der Waals surface area contributed by atoms with Gasteiger partial charge in [-0.25, -0.2) is 0 Å². The molecule has 0 N–H and O–H groups in total. The van der Waals surface area contributed by atoms with Crippen molar-refractivity contribution in [2.75, 3.05) is 6.54 Å². The van der Waals surface area contributed by atoms with Crippen molar-refractivity contribution in [1.29, 1.82) is 5.26 Å². The van der Waals surface area contributed by atoms with E-state index in [0.29, 0.717) is 0 Å². The molecule has 1 unspecified atom stereocenters. The fraction of sp³-hybridized carbons (Fsp3) is 0.889. The lowest BCUT2D eigenvalue weighted by molar-refractivity contribution is 0.378. The molecule has 0 aliphatic heterocycles. The summed E-state index contributed by atoms with van der Waals surface area (Å²) in [5.41, 5.74) is 0. The minimum atomic E-state index is -1.28. The molecule has 0 saturated carbocycles. The topological polar surface area (TPSA) is 27.0 Å². The molecule has 12 heavy (non-hydrogen) atoms. The molecule has 0 radical (unpaired) electrons. The number of hydrogen-bond donors (Lipinski definition) is 0. The third-order valence-corrected chi connectivity index (χ3v) is 4.47. The van der Waals surface area contributed by atoms with Crippen LogP contribution in [0.25, 0.3) is 0 Å². The second-order valence-corrected chi connectivity index (χ2v) is 8.93. The molecule has 0 amide bonds. The standard InChI is InChI=1S/C9H20N2Si/c1-6-9(8-10)11(7-2)12(3,4)5/h9H,6-7H2,1-5H3. The molecule has 1 atom stereocenters. The Morgan fingerprint density at radius 3 is 1.92 bits per heavy atom. The van der Waals surface area contributed by atoms with Crippen molar-refractivity contribution >= 4 is 8.24 Å². The van der Waals surface area contributed by atoms with Crippen LogP contribution in [0.2, 0.25) is 19.6 Å².